The van der Waals surface area contributed by atoms with Crippen LogP contribution in [0, 0.1) is 5.82 Å². The van der Waals surface area contributed by atoms with Crippen molar-refractivity contribution >= 4 is 22.5 Å². The third-order valence-corrected chi connectivity index (χ3v) is 6.49. The second-order valence-electron chi connectivity index (χ2n) is 8.76. The molecule has 0 N–H and O–H groups in total. The van der Waals surface area contributed by atoms with Crippen molar-refractivity contribution in [3.05, 3.63) is 47.5 Å². The lowest BCUT2D eigenvalue weighted by molar-refractivity contribution is 0.0260. The van der Waals surface area contributed by atoms with Gasteiger partial charge in [0.05, 0.1) is 43.6 Å². The number of rotatable bonds is 9. The largest absolute Gasteiger partial charge is 0.493 e. The van der Waals surface area contributed by atoms with E-state index in [0.29, 0.717) is 48.0 Å². The summed E-state index contributed by atoms with van der Waals surface area (Å²) in [5.74, 6) is 1.35. The van der Waals surface area contributed by atoms with E-state index >= 15 is 0 Å². The molecule has 0 radical (unpaired) electrons. The molecule has 0 aliphatic carbocycles. The van der Waals surface area contributed by atoms with Crippen molar-refractivity contribution in [1.82, 2.24) is 14.9 Å². The van der Waals surface area contributed by atoms with Crippen molar-refractivity contribution in [3.63, 3.8) is 0 Å². The Bertz CT molecular complexity index is 1170. The highest BCUT2D eigenvalue weighted by molar-refractivity contribution is 6.32. The third kappa shape index (κ3) is 6.34. The highest BCUT2D eigenvalue weighted by atomic mass is 35.5. The number of fused-ring (bicyclic) bond motifs is 1. The summed E-state index contributed by atoms with van der Waals surface area (Å²) in [5, 5.41) is 0.749. The minimum absolute atomic E-state index is 0.0130. The molecule has 2 aromatic carbocycles. The van der Waals surface area contributed by atoms with Gasteiger partial charge in [-0.3, -0.25) is 4.90 Å². The van der Waals surface area contributed by atoms with Gasteiger partial charge in [0, 0.05) is 44.6 Å². The Hall–Kier alpha value is -2.72. The normalized spacial score (nSPS) is 17.3. The molecule has 1 aromatic heterocycles. The molecule has 0 atom stereocenters. The monoisotopic (exact) mass is 517 g/mol. The molecular formula is C26H29ClFN3O5. The van der Waals surface area contributed by atoms with Crippen LogP contribution in [-0.4, -0.2) is 73.6 Å². The number of halogens is 2. The average Bonchev–Trinajstić information content (AvgIpc) is 2.89. The van der Waals surface area contributed by atoms with Gasteiger partial charge in [-0.05, 0) is 24.6 Å². The average molecular weight is 518 g/mol. The topological polar surface area (TPSA) is 75.2 Å². The maximum Gasteiger partial charge on any atom is 0.234 e. The molecule has 0 amide bonds. The van der Waals surface area contributed by atoms with E-state index < -0.39 is 5.82 Å². The summed E-state index contributed by atoms with van der Waals surface area (Å²) in [4.78, 5) is 11.2. The maximum atomic E-state index is 13.5. The first-order chi connectivity index (χ1) is 17.7. The van der Waals surface area contributed by atoms with Gasteiger partial charge in [0.25, 0.3) is 0 Å². The number of hydrogen-bond acceptors (Lipinski definition) is 8. The van der Waals surface area contributed by atoms with Crippen molar-refractivity contribution < 1.29 is 28.1 Å². The van der Waals surface area contributed by atoms with E-state index in [1.807, 2.05) is 12.1 Å². The van der Waals surface area contributed by atoms with Gasteiger partial charge in [0.1, 0.15) is 40.9 Å². The summed E-state index contributed by atoms with van der Waals surface area (Å²) < 4.78 is 42.9. The Morgan fingerprint density at radius 1 is 1.00 bits per heavy atom. The third-order valence-electron chi connectivity index (χ3n) is 6.19. The maximum absolute atomic E-state index is 13.5. The number of hydrogen-bond donors (Lipinski definition) is 0. The SMILES string of the molecule is Fc1ccc(Oc2ncnc3cc(OCCCN4CCOCC4)cc(OC4CCOCC4)c23)c(Cl)c1. The predicted molar refractivity (Wildman–Crippen MR) is 133 cm³/mol. The summed E-state index contributed by atoms with van der Waals surface area (Å²) in [5.41, 5.74) is 0.617. The van der Waals surface area contributed by atoms with Gasteiger partial charge < -0.3 is 23.7 Å². The first-order valence-corrected chi connectivity index (χ1v) is 12.6. The van der Waals surface area contributed by atoms with Gasteiger partial charge in [-0.1, -0.05) is 11.6 Å². The smallest absolute Gasteiger partial charge is 0.234 e. The first-order valence-electron chi connectivity index (χ1n) is 12.2. The van der Waals surface area contributed by atoms with E-state index in [1.165, 1.54) is 24.5 Å². The summed E-state index contributed by atoms with van der Waals surface area (Å²) in [6.45, 7) is 6.29. The van der Waals surface area contributed by atoms with Crippen LogP contribution in [-0.2, 0) is 9.47 Å². The van der Waals surface area contributed by atoms with E-state index in [2.05, 4.69) is 14.9 Å². The van der Waals surface area contributed by atoms with E-state index in [-0.39, 0.29) is 17.0 Å². The van der Waals surface area contributed by atoms with Crippen LogP contribution < -0.4 is 14.2 Å². The fourth-order valence-corrected chi connectivity index (χ4v) is 4.50. The Morgan fingerprint density at radius 2 is 1.81 bits per heavy atom. The lowest BCUT2D eigenvalue weighted by Gasteiger charge is -2.26. The van der Waals surface area contributed by atoms with Gasteiger partial charge in [0.2, 0.25) is 5.88 Å². The minimum atomic E-state index is -0.446. The number of ether oxygens (including phenoxy) is 5. The van der Waals surface area contributed by atoms with Crippen LogP contribution in [0.1, 0.15) is 19.3 Å². The van der Waals surface area contributed by atoms with Gasteiger partial charge >= 0.3 is 0 Å². The number of aromatic nitrogens is 2. The number of nitrogens with zero attached hydrogens (tertiary/aromatic N) is 3. The highest BCUT2D eigenvalue weighted by Gasteiger charge is 2.21. The van der Waals surface area contributed by atoms with Gasteiger partial charge in [-0.2, -0.15) is 0 Å². The van der Waals surface area contributed by atoms with Crippen molar-refractivity contribution in [2.75, 3.05) is 52.7 Å². The zero-order chi connectivity index (χ0) is 24.7. The standard InChI is InChI=1S/C26H29ClFN3O5/c27-21-14-18(28)2-3-23(21)36-26-25-22(29-17-30-26)15-20(16-24(25)35-19-4-10-32-11-5-19)34-9-1-6-31-7-12-33-13-8-31/h2-3,14-17,19H,1,4-13H2. The zero-order valence-electron chi connectivity index (χ0n) is 20.0. The minimum Gasteiger partial charge on any atom is -0.493 e. The molecule has 192 valence electrons. The second kappa shape index (κ2) is 12.0. The first kappa shape index (κ1) is 25.0. The van der Waals surface area contributed by atoms with Crippen LogP contribution in [0.3, 0.4) is 0 Å². The number of benzene rings is 2. The zero-order valence-corrected chi connectivity index (χ0v) is 20.7. The van der Waals surface area contributed by atoms with Crippen molar-refractivity contribution in [2.45, 2.75) is 25.4 Å². The number of morpholine rings is 1. The summed E-state index contributed by atoms with van der Waals surface area (Å²) >= 11 is 6.19. The molecule has 2 aliphatic rings. The molecule has 36 heavy (non-hydrogen) atoms. The second-order valence-corrected chi connectivity index (χ2v) is 9.16. The van der Waals surface area contributed by atoms with Crippen molar-refractivity contribution in [1.29, 1.82) is 0 Å². The van der Waals surface area contributed by atoms with Crippen LogP contribution in [0.4, 0.5) is 4.39 Å². The van der Waals surface area contributed by atoms with Crippen LogP contribution in [0.2, 0.25) is 5.02 Å². The van der Waals surface area contributed by atoms with E-state index in [4.69, 9.17) is 35.3 Å². The van der Waals surface area contributed by atoms with Crippen molar-refractivity contribution in [2.24, 2.45) is 0 Å². The molecule has 2 saturated heterocycles. The predicted octanol–water partition coefficient (Wildman–Crippen LogP) is 4.87. The summed E-state index contributed by atoms with van der Waals surface area (Å²) in [6.07, 6.45) is 3.85. The fourth-order valence-electron chi connectivity index (χ4n) is 4.29. The van der Waals surface area contributed by atoms with Gasteiger partial charge in [0.15, 0.2) is 0 Å². The Balaban J connectivity index is 1.38. The lowest BCUT2D eigenvalue weighted by Crippen LogP contribution is -2.37. The van der Waals surface area contributed by atoms with E-state index in [9.17, 15) is 4.39 Å². The fraction of sp³-hybridized carbons (Fsp3) is 0.462. The molecule has 0 unspecified atom stereocenters. The lowest BCUT2D eigenvalue weighted by atomic mass is 10.1. The summed E-state index contributed by atoms with van der Waals surface area (Å²) in [7, 11) is 0. The molecule has 10 heteroatoms. The van der Waals surface area contributed by atoms with Crippen LogP contribution in [0.25, 0.3) is 10.9 Å². The van der Waals surface area contributed by atoms with Crippen LogP contribution in [0.15, 0.2) is 36.7 Å². The van der Waals surface area contributed by atoms with Crippen LogP contribution >= 0.6 is 11.6 Å². The molecule has 5 rings (SSSR count). The molecule has 0 saturated carbocycles. The molecular weight excluding hydrogens is 489 g/mol. The molecule has 3 heterocycles. The van der Waals surface area contributed by atoms with E-state index in [1.54, 1.807) is 0 Å². The molecule has 0 spiro atoms. The molecule has 8 nitrogen and oxygen atoms in total. The van der Waals surface area contributed by atoms with Gasteiger partial charge in [-0.15, -0.1) is 0 Å². The van der Waals surface area contributed by atoms with Crippen molar-refractivity contribution in [3.8, 4) is 23.1 Å². The van der Waals surface area contributed by atoms with Gasteiger partial charge in [-0.25, -0.2) is 14.4 Å². The van der Waals surface area contributed by atoms with E-state index in [0.717, 1.165) is 52.1 Å². The molecule has 2 fully saturated rings. The summed E-state index contributed by atoms with van der Waals surface area (Å²) in [6, 6.07) is 7.66. The highest BCUT2D eigenvalue weighted by Crippen LogP contribution is 2.39. The quantitative estimate of drug-likeness (QED) is 0.372. The molecule has 3 aromatic rings. The van der Waals surface area contributed by atoms with Crippen LogP contribution in [0.5, 0.6) is 23.1 Å². The Morgan fingerprint density at radius 3 is 2.61 bits per heavy atom. The Labute approximate surface area is 214 Å². The Kier molecular flexibility index (Phi) is 8.32. The molecule has 0 bridgehead atoms. The molecule has 2 aliphatic heterocycles.